The van der Waals surface area contributed by atoms with E-state index >= 15 is 0 Å². The summed E-state index contributed by atoms with van der Waals surface area (Å²) in [7, 11) is 1.50. The zero-order valence-electron chi connectivity index (χ0n) is 17.6. The van der Waals surface area contributed by atoms with Gasteiger partial charge in [-0.15, -0.1) is 16.5 Å². The van der Waals surface area contributed by atoms with Crippen molar-refractivity contribution in [2.45, 2.75) is 20.1 Å². The highest BCUT2D eigenvalue weighted by molar-refractivity contribution is 7.23. The number of hydrogen-bond donors (Lipinski definition) is 2. The van der Waals surface area contributed by atoms with E-state index in [2.05, 4.69) is 20.2 Å². The molecule has 164 valence electrons. The highest BCUT2D eigenvalue weighted by atomic mass is 32.1. The first-order valence-corrected chi connectivity index (χ1v) is 10.8. The molecule has 0 saturated carbocycles. The Labute approximate surface area is 188 Å². The highest BCUT2D eigenvalue weighted by Gasteiger charge is 2.20. The molecule has 2 N–H and O–H groups in total. The Hall–Kier alpha value is -3.56. The van der Waals surface area contributed by atoms with Crippen LogP contribution in [-0.2, 0) is 13.2 Å². The largest absolute Gasteiger partial charge is 0.504 e. The molecular formula is C23H22N4O4S. The van der Waals surface area contributed by atoms with Crippen LogP contribution in [0.25, 0.3) is 20.7 Å². The van der Waals surface area contributed by atoms with Crippen LogP contribution in [0.15, 0.2) is 59.0 Å². The summed E-state index contributed by atoms with van der Waals surface area (Å²) in [6.07, 6.45) is 1.42. The number of benzene rings is 2. The first-order valence-electron chi connectivity index (χ1n) is 9.99. The molecule has 4 rings (SSSR count). The second kappa shape index (κ2) is 9.71. The number of aromatic nitrogens is 2. The molecule has 8 nitrogen and oxygen atoms in total. The number of aliphatic hydroxyl groups excluding tert-OH is 1. The lowest BCUT2D eigenvalue weighted by Gasteiger charge is -2.09. The van der Waals surface area contributed by atoms with Gasteiger partial charge in [0, 0.05) is 16.0 Å². The predicted octanol–water partition coefficient (Wildman–Crippen LogP) is 5.25. The van der Waals surface area contributed by atoms with Crippen LogP contribution < -0.4 is 9.47 Å². The molecule has 0 fully saturated rings. The van der Waals surface area contributed by atoms with Gasteiger partial charge in [-0.3, -0.25) is 0 Å². The fraction of sp³-hybridized carbons (Fsp3) is 0.217. The van der Waals surface area contributed by atoms with Gasteiger partial charge in [-0.25, -0.2) is 9.97 Å². The average molecular weight is 451 g/mol. The summed E-state index contributed by atoms with van der Waals surface area (Å²) < 4.78 is 11.6. The zero-order chi connectivity index (χ0) is 22.5. The van der Waals surface area contributed by atoms with Crippen LogP contribution in [0.2, 0.25) is 0 Å². The molecule has 0 aliphatic heterocycles. The summed E-state index contributed by atoms with van der Waals surface area (Å²) in [5.74, 6) is 1.62. The summed E-state index contributed by atoms with van der Waals surface area (Å²) in [4.78, 5) is 9.53. The molecule has 2 heterocycles. The number of phenols is 1. The summed E-state index contributed by atoms with van der Waals surface area (Å²) in [6, 6.07) is 12.8. The molecule has 0 atom stereocenters. The quantitative estimate of drug-likeness (QED) is 0.355. The van der Waals surface area contributed by atoms with Crippen molar-refractivity contribution in [3.05, 3.63) is 59.9 Å². The summed E-state index contributed by atoms with van der Waals surface area (Å²) in [5, 5.41) is 28.6. The molecule has 9 heteroatoms. The standard InChI is InChI=1S/C23H22N4O4S/c1-3-31-18-7-5-4-6-15(18)21-16(12-28)20-22(32-21)23(25-13-24-20)27-26-11-14-8-9-19(30-2)17(29)10-14/h4-10,13,28-29H,3,11-12H2,1-2H3. The third-order valence-electron chi connectivity index (χ3n) is 4.80. The molecule has 0 amide bonds. The van der Waals surface area contributed by atoms with E-state index in [1.807, 2.05) is 37.3 Å². The Morgan fingerprint density at radius 2 is 1.94 bits per heavy atom. The van der Waals surface area contributed by atoms with Gasteiger partial charge in [0.05, 0.1) is 32.4 Å². The minimum Gasteiger partial charge on any atom is -0.504 e. The number of azo groups is 1. The number of fused-ring (bicyclic) bond motifs is 1. The van der Waals surface area contributed by atoms with E-state index in [-0.39, 0.29) is 18.9 Å². The third kappa shape index (κ3) is 4.25. The van der Waals surface area contributed by atoms with Crippen molar-refractivity contribution in [2.75, 3.05) is 13.7 Å². The molecular weight excluding hydrogens is 428 g/mol. The van der Waals surface area contributed by atoms with Gasteiger partial charge in [0.15, 0.2) is 17.3 Å². The molecule has 0 unspecified atom stereocenters. The maximum atomic E-state index is 10.1. The van der Waals surface area contributed by atoms with Gasteiger partial charge in [-0.1, -0.05) is 18.2 Å². The molecule has 0 aliphatic carbocycles. The Morgan fingerprint density at radius 3 is 2.69 bits per heavy atom. The van der Waals surface area contributed by atoms with E-state index in [0.717, 1.165) is 26.5 Å². The monoisotopic (exact) mass is 450 g/mol. The number of methoxy groups -OCH3 is 1. The van der Waals surface area contributed by atoms with Gasteiger partial charge < -0.3 is 19.7 Å². The minimum absolute atomic E-state index is 0.0491. The van der Waals surface area contributed by atoms with E-state index in [1.165, 1.54) is 24.8 Å². The number of ether oxygens (including phenoxy) is 2. The van der Waals surface area contributed by atoms with Gasteiger partial charge in [0.1, 0.15) is 16.8 Å². The van der Waals surface area contributed by atoms with Gasteiger partial charge in [-0.2, -0.15) is 5.11 Å². The second-order valence-corrected chi connectivity index (χ2v) is 7.80. The Kier molecular flexibility index (Phi) is 6.58. The third-order valence-corrected chi connectivity index (χ3v) is 6.05. The molecule has 0 spiro atoms. The minimum atomic E-state index is -0.172. The lowest BCUT2D eigenvalue weighted by Crippen LogP contribution is -1.94. The zero-order valence-corrected chi connectivity index (χ0v) is 18.5. The van der Waals surface area contributed by atoms with Crippen molar-refractivity contribution in [1.82, 2.24) is 9.97 Å². The fourth-order valence-electron chi connectivity index (χ4n) is 3.33. The van der Waals surface area contributed by atoms with Gasteiger partial charge in [0.25, 0.3) is 0 Å². The van der Waals surface area contributed by atoms with Crippen LogP contribution in [0, 0.1) is 0 Å². The number of hydrogen-bond acceptors (Lipinski definition) is 9. The number of thiophene rings is 1. The average Bonchev–Trinajstić information content (AvgIpc) is 3.19. The Morgan fingerprint density at radius 1 is 1.09 bits per heavy atom. The number of nitrogens with zero attached hydrogens (tertiary/aromatic N) is 4. The molecule has 0 radical (unpaired) electrons. The summed E-state index contributed by atoms with van der Waals surface area (Å²) >= 11 is 1.45. The van der Waals surface area contributed by atoms with Crippen molar-refractivity contribution < 1.29 is 19.7 Å². The van der Waals surface area contributed by atoms with Crippen molar-refractivity contribution in [3.8, 4) is 27.7 Å². The van der Waals surface area contributed by atoms with Crippen LogP contribution in [-0.4, -0.2) is 33.9 Å². The lowest BCUT2D eigenvalue weighted by atomic mass is 10.1. The molecule has 0 saturated heterocycles. The van der Waals surface area contributed by atoms with Gasteiger partial charge >= 0.3 is 0 Å². The SMILES string of the molecule is CCOc1ccccc1-c1sc2c(N=NCc3ccc(OC)c(O)c3)ncnc2c1CO. The molecule has 0 bridgehead atoms. The van der Waals surface area contributed by atoms with E-state index in [9.17, 15) is 10.2 Å². The first kappa shape index (κ1) is 21.7. The van der Waals surface area contributed by atoms with Crippen LogP contribution in [0.5, 0.6) is 17.2 Å². The van der Waals surface area contributed by atoms with E-state index in [4.69, 9.17) is 9.47 Å². The fourth-order valence-corrected chi connectivity index (χ4v) is 4.56. The first-order chi connectivity index (χ1) is 15.7. The maximum absolute atomic E-state index is 10.1. The number of para-hydroxylation sites is 1. The van der Waals surface area contributed by atoms with Crippen LogP contribution >= 0.6 is 11.3 Å². The smallest absolute Gasteiger partial charge is 0.195 e. The van der Waals surface area contributed by atoms with Gasteiger partial charge in [-0.05, 0) is 36.8 Å². The lowest BCUT2D eigenvalue weighted by molar-refractivity contribution is 0.284. The van der Waals surface area contributed by atoms with Crippen molar-refractivity contribution in [3.63, 3.8) is 0 Å². The Balaban J connectivity index is 1.70. The second-order valence-electron chi connectivity index (χ2n) is 6.78. The normalized spacial score (nSPS) is 11.3. The maximum Gasteiger partial charge on any atom is 0.195 e. The molecule has 0 aliphatic rings. The number of phenolic OH excluding ortho intramolecular Hbond substituents is 1. The van der Waals surface area contributed by atoms with Crippen LogP contribution in [0.1, 0.15) is 18.1 Å². The van der Waals surface area contributed by atoms with Crippen LogP contribution in [0.3, 0.4) is 0 Å². The van der Waals surface area contributed by atoms with E-state index < -0.39 is 0 Å². The number of rotatable bonds is 8. The topological polar surface area (TPSA) is 109 Å². The van der Waals surface area contributed by atoms with E-state index in [1.54, 1.807) is 12.1 Å². The predicted molar refractivity (Wildman–Crippen MR) is 123 cm³/mol. The summed E-state index contributed by atoms with van der Waals surface area (Å²) in [5.41, 5.74) is 3.02. The molecule has 4 aromatic rings. The molecule has 32 heavy (non-hydrogen) atoms. The molecule has 2 aromatic carbocycles. The van der Waals surface area contributed by atoms with Crippen LogP contribution in [0.4, 0.5) is 5.82 Å². The Bertz CT molecular complexity index is 1270. The van der Waals surface area contributed by atoms with Crippen molar-refractivity contribution in [2.24, 2.45) is 10.2 Å². The highest BCUT2D eigenvalue weighted by Crippen LogP contribution is 2.44. The number of aliphatic hydroxyl groups is 1. The van der Waals surface area contributed by atoms with Crippen molar-refractivity contribution in [1.29, 1.82) is 0 Å². The van der Waals surface area contributed by atoms with Crippen molar-refractivity contribution >= 4 is 27.4 Å². The van der Waals surface area contributed by atoms with Gasteiger partial charge in [0.2, 0.25) is 0 Å². The van der Waals surface area contributed by atoms with E-state index in [0.29, 0.717) is 29.3 Å². The number of aromatic hydroxyl groups is 1. The molecule has 2 aromatic heterocycles. The summed E-state index contributed by atoms with van der Waals surface area (Å²) in [6.45, 7) is 2.56.